The van der Waals surface area contributed by atoms with Crippen LogP contribution in [0.15, 0.2) is 48.5 Å². The molecule has 2 heteroatoms. The first kappa shape index (κ1) is 13.3. The zero-order chi connectivity index (χ0) is 13.7. The molecule has 0 aliphatic carbocycles. The minimum Gasteiger partial charge on any atom is -0.426 e. The van der Waals surface area contributed by atoms with Gasteiger partial charge in [-0.05, 0) is 42.2 Å². The van der Waals surface area contributed by atoms with Gasteiger partial charge in [0, 0.05) is 0 Å². The number of rotatable bonds is 4. The summed E-state index contributed by atoms with van der Waals surface area (Å²) in [6.07, 6.45) is 1.29. The van der Waals surface area contributed by atoms with Crippen molar-refractivity contribution in [1.29, 1.82) is 0 Å². The Kier molecular flexibility index (Phi) is 4.35. The molecule has 2 aromatic rings. The highest BCUT2D eigenvalue weighted by Gasteiger charge is 2.08. The number of hydrogen-bond acceptors (Lipinski definition) is 2. The fourth-order valence-electron chi connectivity index (χ4n) is 1.92. The van der Waals surface area contributed by atoms with Crippen molar-refractivity contribution in [2.45, 2.75) is 26.7 Å². The van der Waals surface area contributed by atoms with Gasteiger partial charge >= 0.3 is 5.97 Å². The van der Waals surface area contributed by atoms with Crippen LogP contribution in [0.3, 0.4) is 0 Å². The number of esters is 1. The van der Waals surface area contributed by atoms with E-state index in [1.165, 1.54) is 5.56 Å². The van der Waals surface area contributed by atoms with Crippen LogP contribution in [0.1, 0.15) is 23.6 Å². The molecule has 0 amide bonds. The molecule has 2 nitrogen and oxygen atoms in total. The van der Waals surface area contributed by atoms with E-state index in [4.69, 9.17) is 4.74 Å². The fourth-order valence-corrected chi connectivity index (χ4v) is 1.92. The maximum absolute atomic E-state index is 11.9. The SMILES string of the molecule is CCc1ccc(OC(=O)Cc2ccccc2C)cc1. The van der Waals surface area contributed by atoms with E-state index in [0.29, 0.717) is 12.2 Å². The van der Waals surface area contributed by atoms with Gasteiger partial charge in [-0.25, -0.2) is 0 Å². The average Bonchev–Trinajstić information content (AvgIpc) is 2.42. The molecule has 0 aliphatic heterocycles. The van der Waals surface area contributed by atoms with Gasteiger partial charge in [0.1, 0.15) is 5.75 Å². The predicted molar refractivity (Wildman–Crippen MR) is 76.3 cm³/mol. The maximum Gasteiger partial charge on any atom is 0.315 e. The third kappa shape index (κ3) is 3.68. The van der Waals surface area contributed by atoms with Crippen LogP contribution >= 0.6 is 0 Å². The number of carbonyl (C=O) groups is 1. The largest absolute Gasteiger partial charge is 0.426 e. The number of ether oxygens (including phenoxy) is 1. The first-order chi connectivity index (χ1) is 9.19. The molecule has 0 saturated carbocycles. The Morgan fingerprint density at radius 2 is 1.74 bits per heavy atom. The molecule has 2 aromatic carbocycles. The third-order valence-electron chi connectivity index (χ3n) is 3.16. The summed E-state index contributed by atoms with van der Waals surface area (Å²) < 4.78 is 5.33. The second-order valence-corrected chi connectivity index (χ2v) is 4.57. The summed E-state index contributed by atoms with van der Waals surface area (Å²) in [6.45, 7) is 4.10. The molecule has 0 aromatic heterocycles. The van der Waals surface area contributed by atoms with Gasteiger partial charge in [-0.1, -0.05) is 43.3 Å². The van der Waals surface area contributed by atoms with Crippen molar-refractivity contribution in [2.24, 2.45) is 0 Å². The van der Waals surface area contributed by atoms with Crippen LogP contribution in [0.25, 0.3) is 0 Å². The van der Waals surface area contributed by atoms with Crippen molar-refractivity contribution < 1.29 is 9.53 Å². The molecule has 98 valence electrons. The zero-order valence-corrected chi connectivity index (χ0v) is 11.3. The van der Waals surface area contributed by atoms with Crippen LogP contribution in [0.5, 0.6) is 5.75 Å². The molecule has 0 atom stereocenters. The number of hydrogen-bond donors (Lipinski definition) is 0. The van der Waals surface area contributed by atoms with Gasteiger partial charge in [-0.2, -0.15) is 0 Å². The molecular formula is C17H18O2. The van der Waals surface area contributed by atoms with E-state index in [0.717, 1.165) is 17.5 Å². The van der Waals surface area contributed by atoms with E-state index < -0.39 is 0 Å². The lowest BCUT2D eigenvalue weighted by Gasteiger charge is -2.07. The van der Waals surface area contributed by atoms with Gasteiger partial charge in [0.25, 0.3) is 0 Å². The smallest absolute Gasteiger partial charge is 0.315 e. The van der Waals surface area contributed by atoms with Crippen LogP contribution in [-0.4, -0.2) is 5.97 Å². The van der Waals surface area contributed by atoms with Gasteiger partial charge in [-0.15, -0.1) is 0 Å². The topological polar surface area (TPSA) is 26.3 Å². The molecule has 0 unspecified atom stereocenters. The van der Waals surface area contributed by atoms with Crippen molar-refractivity contribution in [3.05, 3.63) is 65.2 Å². The van der Waals surface area contributed by atoms with Crippen molar-refractivity contribution in [3.63, 3.8) is 0 Å². The van der Waals surface area contributed by atoms with Gasteiger partial charge in [0.05, 0.1) is 6.42 Å². The van der Waals surface area contributed by atoms with Crippen molar-refractivity contribution in [3.8, 4) is 5.75 Å². The first-order valence-electron chi connectivity index (χ1n) is 6.53. The van der Waals surface area contributed by atoms with Crippen LogP contribution in [0, 0.1) is 6.92 Å². The van der Waals surface area contributed by atoms with Crippen LogP contribution in [-0.2, 0) is 17.6 Å². The average molecular weight is 254 g/mol. The molecule has 0 radical (unpaired) electrons. The summed E-state index contributed by atoms with van der Waals surface area (Å²) in [4.78, 5) is 11.9. The van der Waals surface area contributed by atoms with Crippen molar-refractivity contribution in [2.75, 3.05) is 0 Å². The van der Waals surface area contributed by atoms with Gasteiger partial charge in [0.2, 0.25) is 0 Å². The van der Waals surface area contributed by atoms with E-state index >= 15 is 0 Å². The Hall–Kier alpha value is -2.09. The Morgan fingerprint density at radius 3 is 2.37 bits per heavy atom. The molecule has 2 rings (SSSR count). The molecule has 0 fully saturated rings. The second kappa shape index (κ2) is 6.19. The van der Waals surface area contributed by atoms with Gasteiger partial charge in [0.15, 0.2) is 0 Å². The lowest BCUT2D eigenvalue weighted by Crippen LogP contribution is -2.12. The van der Waals surface area contributed by atoms with Crippen LogP contribution < -0.4 is 4.74 Å². The lowest BCUT2D eigenvalue weighted by atomic mass is 10.1. The van der Waals surface area contributed by atoms with E-state index in [1.54, 1.807) is 0 Å². The number of aryl methyl sites for hydroxylation is 2. The minimum atomic E-state index is -0.224. The highest BCUT2D eigenvalue weighted by Crippen LogP contribution is 2.14. The van der Waals surface area contributed by atoms with Crippen LogP contribution in [0.4, 0.5) is 0 Å². The Labute approximate surface area is 114 Å². The molecular weight excluding hydrogens is 236 g/mol. The molecule has 0 bridgehead atoms. The molecule has 19 heavy (non-hydrogen) atoms. The van der Waals surface area contributed by atoms with Crippen LogP contribution in [0.2, 0.25) is 0 Å². The summed E-state index contributed by atoms with van der Waals surface area (Å²) >= 11 is 0. The van der Waals surface area contributed by atoms with E-state index in [9.17, 15) is 4.79 Å². The van der Waals surface area contributed by atoms with E-state index in [-0.39, 0.29) is 5.97 Å². The summed E-state index contributed by atoms with van der Waals surface area (Å²) in [7, 11) is 0. The van der Waals surface area contributed by atoms with Gasteiger partial charge in [-0.3, -0.25) is 4.79 Å². The Balaban J connectivity index is 1.99. The Bertz CT molecular complexity index is 556. The molecule has 0 saturated heterocycles. The maximum atomic E-state index is 11.9. The van der Waals surface area contributed by atoms with Gasteiger partial charge < -0.3 is 4.74 Å². The van der Waals surface area contributed by atoms with E-state index in [1.807, 2.05) is 55.5 Å². The number of benzene rings is 2. The molecule has 0 spiro atoms. The minimum absolute atomic E-state index is 0.224. The summed E-state index contributed by atoms with van der Waals surface area (Å²) in [5.41, 5.74) is 3.36. The highest BCUT2D eigenvalue weighted by atomic mass is 16.5. The standard InChI is InChI=1S/C17H18O2/c1-3-14-8-10-16(11-9-14)19-17(18)12-15-7-5-4-6-13(15)2/h4-11H,3,12H2,1-2H3. The molecule has 0 aliphatic rings. The third-order valence-corrected chi connectivity index (χ3v) is 3.16. The Morgan fingerprint density at radius 1 is 1.05 bits per heavy atom. The van der Waals surface area contributed by atoms with E-state index in [2.05, 4.69) is 6.92 Å². The fraction of sp³-hybridized carbons (Fsp3) is 0.235. The first-order valence-corrected chi connectivity index (χ1v) is 6.53. The van der Waals surface area contributed by atoms with Crippen molar-refractivity contribution >= 4 is 5.97 Å². The quantitative estimate of drug-likeness (QED) is 0.614. The number of carbonyl (C=O) groups excluding carboxylic acids is 1. The normalized spacial score (nSPS) is 10.2. The zero-order valence-electron chi connectivity index (χ0n) is 11.3. The molecule has 0 heterocycles. The summed E-state index contributed by atoms with van der Waals surface area (Å²) in [6, 6.07) is 15.5. The summed E-state index contributed by atoms with van der Waals surface area (Å²) in [5, 5.41) is 0. The highest BCUT2D eigenvalue weighted by molar-refractivity contribution is 5.75. The second-order valence-electron chi connectivity index (χ2n) is 4.57. The monoisotopic (exact) mass is 254 g/mol. The van der Waals surface area contributed by atoms with Crippen molar-refractivity contribution in [1.82, 2.24) is 0 Å². The summed E-state index contributed by atoms with van der Waals surface area (Å²) in [5.74, 6) is 0.384. The lowest BCUT2D eigenvalue weighted by molar-refractivity contribution is -0.133. The molecule has 0 N–H and O–H groups in total. The predicted octanol–water partition coefficient (Wildman–Crippen LogP) is 3.71.